The van der Waals surface area contributed by atoms with E-state index in [0.717, 1.165) is 22.6 Å². The predicted octanol–water partition coefficient (Wildman–Crippen LogP) is 6.03. The standard InChI is InChI=1S/C27H27ClN4O3S/c1-17-11-12-21(28)15-24(17)32-25(18(2)29-26(33)20-8-6-10-23(14-20)35-4)30-31-27(32)36-16-19-7-5-9-22(13-19)34-3/h5-15,18H,16H2,1-4H3,(H,29,33). The van der Waals surface area contributed by atoms with Crippen LogP contribution in [0.4, 0.5) is 0 Å². The molecule has 4 rings (SSSR count). The van der Waals surface area contributed by atoms with Crippen LogP contribution in [0.1, 0.15) is 40.3 Å². The lowest BCUT2D eigenvalue weighted by Crippen LogP contribution is -2.28. The fraction of sp³-hybridized carbons (Fsp3) is 0.222. The molecule has 36 heavy (non-hydrogen) atoms. The molecule has 0 fully saturated rings. The van der Waals surface area contributed by atoms with Gasteiger partial charge in [0.15, 0.2) is 11.0 Å². The van der Waals surface area contributed by atoms with E-state index in [9.17, 15) is 4.79 Å². The molecule has 0 bridgehead atoms. The lowest BCUT2D eigenvalue weighted by atomic mass is 10.1. The molecule has 7 nitrogen and oxygen atoms in total. The summed E-state index contributed by atoms with van der Waals surface area (Å²) >= 11 is 7.91. The molecule has 0 aliphatic carbocycles. The monoisotopic (exact) mass is 522 g/mol. The van der Waals surface area contributed by atoms with Crippen molar-refractivity contribution in [2.45, 2.75) is 30.8 Å². The highest BCUT2D eigenvalue weighted by Crippen LogP contribution is 2.31. The molecular formula is C27H27ClN4O3S. The number of aromatic nitrogens is 3. The molecule has 1 atom stereocenters. The van der Waals surface area contributed by atoms with Crippen molar-refractivity contribution in [1.82, 2.24) is 20.1 Å². The summed E-state index contributed by atoms with van der Waals surface area (Å²) in [7, 11) is 3.22. The summed E-state index contributed by atoms with van der Waals surface area (Å²) in [5.41, 5.74) is 3.46. The average molecular weight is 523 g/mol. The molecule has 1 N–H and O–H groups in total. The predicted molar refractivity (Wildman–Crippen MR) is 143 cm³/mol. The largest absolute Gasteiger partial charge is 0.497 e. The lowest BCUT2D eigenvalue weighted by molar-refractivity contribution is 0.0937. The number of amides is 1. The molecule has 0 radical (unpaired) electrons. The molecule has 0 aliphatic heterocycles. The SMILES string of the molecule is COc1cccc(CSc2nnc(C(C)NC(=O)c3cccc(OC)c3)n2-c2cc(Cl)ccc2C)c1. The van der Waals surface area contributed by atoms with Gasteiger partial charge in [-0.25, -0.2) is 0 Å². The third-order valence-electron chi connectivity index (χ3n) is 5.64. The average Bonchev–Trinajstić information content (AvgIpc) is 3.32. The Hall–Kier alpha value is -3.49. The van der Waals surface area contributed by atoms with E-state index in [1.54, 1.807) is 50.2 Å². The van der Waals surface area contributed by atoms with Crippen LogP contribution in [0.25, 0.3) is 5.69 Å². The van der Waals surface area contributed by atoms with Crippen molar-refractivity contribution >= 4 is 29.3 Å². The molecule has 0 saturated carbocycles. The Kier molecular flexibility index (Phi) is 8.18. The van der Waals surface area contributed by atoms with E-state index in [1.165, 1.54) is 0 Å². The van der Waals surface area contributed by atoms with Gasteiger partial charge in [0.2, 0.25) is 0 Å². The van der Waals surface area contributed by atoms with E-state index in [-0.39, 0.29) is 5.91 Å². The highest BCUT2D eigenvalue weighted by molar-refractivity contribution is 7.98. The Morgan fingerprint density at radius 1 is 1.03 bits per heavy atom. The first-order valence-electron chi connectivity index (χ1n) is 11.3. The van der Waals surface area contributed by atoms with Crippen molar-refractivity contribution < 1.29 is 14.3 Å². The number of thioether (sulfide) groups is 1. The van der Waals surface area contributed by atoms with Crippen LogP contribution in [0.5, 0.6) is 11.5 Å². The van der Waals surface area contributed by atoms with E-state index in [2.05, 4.69) is 15.5 Å². The van der Waals surface area contributed by atoms with Crippen LogP contribution in [-0.2, 0) is 5.75 Å². The molecule has 9 heteroatoms. The smallest absolute Gasteiger partial charge is 0.251 e. The number of nitrogens with one attached hydrogen (secondary N) is 1. The minimum Gasteiger partial charge on any atom is -0.497 e. The zero-order chi connectivity index (χ0) is 25.7. The van der Waals surface area contributed by atoms with Crippen LogP contribution >= 0.6 is 23.4 Å². The van der Waals surface area contributed by atoms with Gasteiger partial charge >= 0.3 is 0 Å². The molecule has 186 valence electrons. The Labute approximate surface area is 219 Å². The zero-order valence-electron chi connectivity index (χ0n) is 20.5. The van der Waals surface area contributed by atoms with Crippen molar-refractivity contribution in [3.05, 3.63) is 94.3 Å². The first-order valence-corrected chi connectivity index (χ1v) is 12.7. The van der Waals surface area contributed by atoms with Gasteiger partial charge in [-0.1, -0.05) is 47.6 Å². The Morgan fingerprint density at radius 3 is 2.50 bits per heavy atom. The zero-order valence-corrected chi connectivity index (χ0v) is 22.1. The molecule has 4 aromatic rings. The maximum atomic E-state index is 13.0. The van der Waals surface area contributed by atoms with Crippen molar-refractivity contribution in [2.75, 3.05) is 14.2 Å². The van der Waals surface area contributed by atoms with Crippen LogP contribution in [-0.4, -0.2) is 34.9 Å². The number of ether oxygens (including phenoxy) is 2. The Balaban J connectivity index is 1.66. The van der Waals surface area contributed by atoms with Crippen LogP contribution < -0.4 is 14.8 Å². The molecule has 3 aromatic carbocycles. The van der Waals surface area contributed by atoms with Gasteiger partial charge in [-0.15, -0.1) is 10.2 Å². The lowest BCUT2D eigenvalue weighted by Gasteiger charge is -2.18. The van der Waals surface area contributed by atoms with Crippen LogP contribution in [0.15, 0.2) is 71.9 Å². The fourth-order valence-electron chi connectivity index (χ4n) is 3.72. The maximum absolute atomic E-state index is 13.0. The van der Waals surface area contributed by atoms with Crippen LogP contribution in [0.3, 0.4) is 0 Å². The van der Waals surface area contributed by atoms with Crippen molar-refractivity contribution in [3.8, 4) is 17.2 Å². The Bertz CT molecular complexity index is 1370. The number of benzene rings is 3. The number of carbonyl (C=O) groups excluding carboxylic acids is 1. The number of nitrogens with zero attached hydrogens (tertiary/aromatic N) is 3. The maximum Gasteiger partial charge on any atom is 0.251 e. The topological polar surface area (TPSA) is 78.3 Å². The van der Waals surface area contributed by atoms with Gasteiger partial charge in [0, 0.05) is 16.3 Å². The molecule has 0 saturated heterocycles. The van der Waals surface area contributed by atoms with Crippen molar-refractivity contribution in [2.24, 2.45) is 0 Å². The number of aryl methyl sites for hydroxylation is 1. The summed E-state index contributed by atoms with van der Waals surface area (Å²) < 4.78 is 12.6. The van der Waals surface area contributed by atoms with Gasteiger partial charge in [0.25, 0.3) is 5.91 Å². The van der Waals surface area contributed by atoms with Gasteiger partial charge in [0.1, 0.15) is 11.5 Å². The summed E-state index contributed by atoms with van der Waals surface area (Å²) in [6.07, 6.45) is 0. The number of methoxy groups -OCH3 is 2. The summed E-state index contributed by atoms with van der Waals surface area (Å²) in [6.45, 7) is 3.89. The second-order valence-electron chi connectivity index (χ2n) is 8.17. The number of halogens is 1. The highest BCUT2D eigenvalue weighted by atomic mass is 35.5. The van der Waals surface area contributed by atoms with Gasteiger partial charge in [0.05, 0.1) is 25.9 Å². The number of carbonyl (C=O) groups is 1. The van der Waals surface area contributed by atoms with Gasteiger partial charge in [-0.2, -0.15) is 0 Å². The quantitative estimate of drug-likeness (QED) is 0.270. The third kappa shape index (κ3) is 5.83. The van der Waals surface area contributed by atoms with Gasteiger partial charge < -0.3 is 14.8 Å². The molecule has 1 unspecified atom stereocenters. The van der Waals surface area contributed by atoms with E-state index in [0.29, 0.717) is 33.1 Å². The molecular weight excluding hydrogens is 496 g/mol. The molecule has 1 aromatic heterocycles. The first kappa shape index (κ1) is 25.6. The second-order valence-corrected chi connectivity index (χ2v) is 9.55. The van der Waals surface area contributed by atoms with Crippen molar-refractivity contribution in [1.29, 1.82) is 0 Å². The summed E-state index contributed by atoms with van der Waals surface area (Å²) in [6, 6.07) is 20.2. The van der Waals surface area contributed by atoms with Gasteiger partial charge in [-0.05, 0) is 67.4 Å². The number of hydrogen-bond acceptors (Lipinski definition) is 6. The first-order chi connectivity index (χ1) is 17.4. The summed E-state index contributed by atoms with van der Waals surface area (Å²) in [4.78, 5) is 13.0. The van der Waals surface area contributed by atoms with Crippen molar-refractivity contribution in [3.63, 3.8) is 0 Å². The number of rotatable bonds is 9. The normalized spacial score (nSPS) is 11.7. The highest BCUT2D eigenvalue weighted by Gasteiger charge is 2.23. The van der Waals surface area contributed by atoms with Crippen LogP contribution in [0.2, 0.25) is 5.02 Å². The molecule has 0 spiro atoms. The van der Waals surface area contributed by atoms with Crippen LogP contribution in [0, 0.1) is 6.92 Å². The van der Waals surface area contributed by atoms with Gasteiger partial charge in [-0.3, -0.25) is 9.36 Å². The second kappa shape index (κ2) is 11.5. The van der Waals surface area contributed by atoms with E-state index < -0.39 is 6.04 Å². The molecule has 0 aliphatic rings. The molecule has 1 amide bonds. The minimum absolute atomic E-state index is 0.232. The fourth-order valence-corrected chi connectivity index (χ4v) is 4.79. The van der Waals surface area contributed by atoms with E-state index >= 15 is 0 Å². The van der Waals surface area contributed by atoms with E-state index in [4.69, 9.17) is 21.1 Å². The number of hydrogen-bond donors (Lipinski definition) is 1. The third-order valence-corrected chi connectivity index (χ3v) is 6.87. The minimum atomic E-state index is -0.430. The summed E-state index contributed by atoms with van der Waals surface area (Å²) in [5, 5.41) is 13.3. The summed E-state index contributed by atoms with van der Waals surface area (Å²) in [5.74, 6) is 2.45. The Morgan fingerprint density at radius 2 is 1.75 bits per heavy atom. The molecule has 1 heterocycles. The van der Waals surface area contributed by atoms with E-state index in [1.807, 2.05) is 60.9 Å².